The number of halogens is 2. The van der Waals surface area contributed by atoms with Crippen LogP contribution >= 0.6 is 0 Å². The zero-order valence-electron chi connectivity index (χ0n) is 24.0. The highest BCUT2D eigenvalue weighted by molar-refractivity contribution is 7.92. The molecule has 2 heterocycles. The molecule has 1 aromatic heterocycles. The Hall–Kier alpha value is -4.08. The molecule has 4 aromatic rings. The van der Waals surface area contributed by atoms with E-state index in [0.29, 0.717) is 71.4 Å². The molecule has 2 N–H and O–H groups in total. The van der Waals surface area contributed by atoms with E-state index in [0.717, 1.165) is 6.26 Å². The number of sulfonamides is 2. The Kier molecular flexibility index (Phi) is 9.18. The summed E-state index contributed by atoms with van der Waals surface area (Å²) in [6.07, 6.45) is 0.866. The Bertz CT molecular complexity index is 1890. The minimum Gasteiger partial charge on any atom is -0.494 e. The van der Waals surface area contributed by atoms with E-state index in [4.69, 9.17) is 19.4 Å². The molecular weight excluding hydrogens is 616 g/mol. The van der Waals surface area contributed by atoms with E-state index >= 15 is 4.39 Å². The van der Waals surface area contributed by atoms with Gasteiger partial charge in [-0.15, -0.1) is 0 Å². The largest absolute Gasteiger partial charge is 0.494 e. The van der Waals surface area contributed by atoms with Gasteiger partial charge in [0.05, 0.1) is 44.7 Å². The van der Waals surface area contributed by atoms with Crippen molar-refractivity contribution in [1.82, 2.24) is 9.97 Å². The number of hydrogen-bond donors (Lipinski definition) is 2. The first-order valence-corrected chi connectivity index (χ1v) is 17.2. The van der Waals surface area contributed by atoms with Crippen LogP contribution in [0.15, 0.2) is 54.6 Å². The number of benzene rings is 3. The van der Waals surface area contributed by atoms with E-state index < -0.39 is 38.3 Å². The Morgan fingerprint density at radius 1 is 0.977 bits per heavy atom. The lowest BCUT2D eigenvalue weighted by Gasteiger charge is -2.29. The van der Waals surface area contributed by atoms with Crippen LogP contribution in [0.4, 0.5) is 26.0 Å². The van der Waals surface area contributed by atoms with Crippen molar-refractivity contribution in [2.24, 2.45) is 0 Å². The summed E-state index contributed by atoms with van der Waals surface area (Å²) in [6.45, 7) is 1.23. The summed E-state index contributed by atoms with van der Waals surface area (Å²) in [6, 6.07) is 14.3. The Balaban J connectivity index is 1.63. The first-order valence-electron chi connectivity index (χ1n) is 13.6. The molecule has 11 nitrogen and oxygen atoms in total. The van der Waals surface area contributed by atoms with Gasteiger partial charge in [-0.05, 0) is 54.4 Å². The van der Waals surface area contributed by atoms with Crippen LogP contribution in [-0.4, -0.2) is 78.9 Å². The van der Waals surface area contributed by atoms with Crippen molar-refractivity contribution in [3.05, 3.63) is 60.4 Å². The second-order valence-corrected chi connectivity index (χ2v) is 13.7. The molecule has 0 aliphatic carbocycles. The van der Waals surface area contributed by atoms with Gasteiger partial charge in [-0.2, -0.15) is 0 Å². The summed E-state index contributed by atoms with van der Waals surface area (Å²) in [4.78, 5) is 11.7. The highest BCUT2D eigenvalue weighted by atomic mass is 32.2. The molecule has 0 unspecified atom stereocenters. The van der Waals surface area contributed by atoms with Gasteiger partial charge in [0.1, 0.15) is 17.1 Å². The molecule has 0 radical (unpaired) electrons. The smallest absolute Gasteiger partial charge is 0.232 e. The number of ether oxygens (including phenoxy) is 2. The van der Waals surface area contributed by atoms with Gasteiger partial charge in [-0.3, -0.25) is 13.8 Å². The SMILES string of the molecule is COc1cc(-c2cccc(NS(=O)(=O)CCCF)c2F)cc2c(N3CCOCC3)nc(-c3ccc(NS(C)(=O)=O)cc3)nc12. The number of hydrogen-bond acceptors (Lipinski definition) is 9. The van der Waals surface area contributed by atoms with Gasteiger partial charge in [0.25, 0.3) is 0 Å². The van der Waals surface area contributed by atoms with Gasteiger partial charge in [0, 0.05) is 35.3 Å². The maximum absolute atomic E-state index is 15.8. The summed E-state index contributed by atoms with van der Waals surface area (Å²) in [5, 5.41) is 0.577. The first kappa shape index (κ1) is 31.3. The van der Waals surface area contributed by atoms with E-state index in [1.165, 1.54) is 25.3 Å². The monoisotopic (exact) mass is 647 g/mol. The number of alkyl halides is 1. The van der Waals surface area contributed by atoms with Crippen LogP contribution < -0.4 is 19.1 Å². The second kappa shape index (κ2) is 12.9. The van der Waals surface area contributed by atoms with E-state index in [-0.39, 0.29) is 17.7 Å². The summed E-state index contributed by atoms with van der Waals surface area (Å²) >= 11 is 0. The minimum absolute atomic E-state index is 0.113. The quantitative estimate of drug-likeness (QED) is 0.242. The van der Waals surface area contributed by atoms with E-state index in [1.807, 2.05) is 4.90 Å². The van der Waals surface area contributed by atoms with E-state index in [9.17, 15) is 21.2 Å². The average molecular weight is 648 g/mol. The molecule has 0 spiro atoms. The van der Waals surface area contributed by atoms with Crippen molar-refractivity contribution >= 4 is 48.1 Å². The third-order valence-corrected chi connectivity index (χ3v) is 8.81. The van der Waals surface area contributed by atoms with Crippen molar-refractivity contribution < 1.29 is 35.1 Å². The summed E-state index contributed by atoms with van der Waals surface area (Å²) < 4.78 is 92.2. The topological polar surface area (TPSA) is 140 Å². The second-order valence-electron chi connectivity index (χ2n) is 10.1. The molecule has 1 fully saturated rings. The molecule has 0 amide bonds. The van der Waals surface area contributed by atoms with Gasteiger partial charge in [-0.1, -0.05) is 12.1 Å². The van der Waals surface area contributed by atoms with Gasteiger partial charge in [0.15, 0.2) is 11.6 Å². The van der Waals surface area contributed by atoms with Crippen molar-refractivity contribution in [3.8, 4) is 28.3 Å². The number of rotatable bonds is 11. The molecule has 5 rings (SSSR count). The fourth-order valence-corrected chi connectivity index (χ4v) is 6.49. The molecule has 3 aromatic carbocycles. The lowest BCUT2D eigenvalue weighted by atomic mass is 10.0. The molecule has 0 saturated carbocycles. The van der Waals surface area contributed by atoms with Gasteiger partial charge < -0.3 is 14.4 Å². The maximum Gasteiger partial charge on any atom is 0.232 e. The first-order chi connectivity index (χ1) is 21.0. The van der Waals surface area contributed by atoms with Crippen LogP contribution in [0.3, 0.4) is 0 Å². The van der Waals surface area contributed by atoms with E-state index in [1.54, 1.807) is 36.4 Å². The molecule has 1 aliphatic rings. The molecule has 234 valence electrons. The molecule has 0 atom stereocenters. The number of nitrogens with one attached hydrogen (secondary N) is 2. The number of fused-ring (bicyclic) bond motifs is 1. The highest BCUT2D eigenvalue weighted by Gasteiger charge is 2.23. The summed E-state index contributed by atoms with van der Waals surface area (Å²) in [5.41, 5.74) is 1.74. The van der Waals surface area contributed by atoms with Crippen molar-refractivity contribution in [2.45, 2.75) is 6.42 Å². The van der Waals surface area contributed by atoms with Crippen LogP contribution in [0.1, 0.15) is 6.42 Å². The van der Waals surface area contributed by atoms with Gasteiger partial charge >= 0.3 is 0 Å². The predicted octanol–water partition coefficient (Wildman–Crippen LogP) is 4.42. The standard InChI is InChI=1S/C29H31F2N5O6S2/c1-41-25-18-20(22-5-3-6-24(26(22)31)35-44(39,40)16-4-11-30)17-23-27(25)32-28(33-29(23)36-12-14-42-15-13-36)19-7-9-21(10-8-19)34-43(2,37)38/h3,5-10,17-18,34-35H,4,11-16H2,1-2H3. The van der Waals surface area contributed by atoms with Crippen LogP contribution in [0.5, 0.6) is 5.75 Å². The molecule has 1 saturated heterocycles. The average Bonchev–Trinajstić information content (AvgIpc) is 3.00. The molecule has 0 bridgehead atoms. The number of morpholine rings is 1. The van der Waals surface area contributed by atoms with Crippen molar-refractivity contribution in [1.29, 1.82) is 0 Å². The van der Waals surface area contributed by atoms with Crippen molar-refractivity contribution in [3.63, 3.8) is 0 Å². The molecule has 44 heavy (non-hydrogen) atoms. The zero-order chi connectivity index (χ0) is 31.5. The van der Waals surface area contributed by atoms with Gasteiger partial charge in [-0.25, -0.2) is 31.2 Å². The Labute approximate surface area is 254 Å². The van der Waals surface area contributed by atoms with Crippen LogP contribution in [0, 0.1) is 5.82 Å². The fraction of sp³-hybridized carbons (Fsp3) is 0.310. The molecule has 1 aliphatic heterocycles. The number of anilines is 3. The fourth-order valence-electron chi connectivity index (χ4n) is 4.84. The molecular formula is C29H31F2N5O6S2. The summed E-state index contributed by atoms with van der Waals surface area (Å²) in [5.74, 6) is -0.0105. The number of methoxy groups -OCH3 is 1. The third kappa shape index (κ3) is 7.17. The highest BCUT2D eigenvalue weighted by Crippen LogP contribution is 2.39. The van der Waals surface area contributed by atoms with Gasteiger partial charge in [0.2, 0.25) is 20.0 Å². The lowest BCUT2D eigenvalue weighted by molar-refractivity contribution is 0.122. The third-order valence-electron chi connectivity index (χ3n) is 6.84. The predicted molar refractivity (Wildman–Crippen MR) is 166 cm³/mol. The summed E-state index contributed by atoms with van der Waals surface area (Å²) in [7, 11) is -5.94. The Morgan fingerprint density at radius 2 is 1.70 bits per heavy atom. The number of nitrogens with zero attached hydrogens (tertiary/aromatic N) is 3. The number of aromatic nitrogens is 2. The minimum atomic E-state index is -3.96. The van der Waals surface area contributed by atoms with Crippen LogP contribution in [0.25, 0.3) is 33.4 Å². The zero-order valence-corrected chi connectivity index (χ0v) is 25.6. The van der Waals surface area contributed by atoms with E-state index in [2.05, 4.69) is 9.44 Å². The van der Waals surface area contributed by atoms with Crippen LogP contribution in [0.2, 0.25) is 0 Å². The Morgan fingerprint density at radius 3 is 2.36 bits per heavy atom. The normalized spacial score (nSPS) is 14.0. The lowest BCUT2D eigenvalue weighted by Crippen LogP contribution is -2.37. The molecule has 15 heteroatoms. The maximum atomic E-state index is 15.8. The van der Waals surface area contributed by atoms with Crippen molar-refractivity contribution in [2.75, 3.05) is 66.4 Å². The van der Waals surface area contributed by atoms with Crippen LogP contribution in [-0.2, 0) is 24.8 Å².